The van der Waals surface area contributed by atoms with E-state index in [0.717, 1.165) is 10.1 Å². The molecule has 3 aromatic carbocycles. The first kappa shape index (κ1) is 24.7. The number of benzene rings is 3. The van der Waals surface area contributed by atoms with Gasteiger partial charge in [-0.05, 0) is 48.0 Å². The van der Waals surface area contributed by atoms with Crippen LogP contribution in [0.15, 0.2) is 71.8 Å². The van der Waals surface area contributed by atoms with E-state index in [4.69, 9.17) is 39.5 Å². The smallest absolute Gasteiger partial charge is 0.355 e. The number of hydrogen-bond donors (Lipinski definition) is 2. The van der Waals surface area contributed by atoms with Crippen molar-refractivity contribution in [3.05, 3.63) is 92.2 Å². The van der Waals surface area contributed by atoms with Gasteiger partial charge < -0.3 is 10.1 Å². The number of fused-ring (bicyclic) bond motifs is 1. The average molecular weight is 547 g/mol. The summed E-state index contributed by atoms with van der Waals surface area (Å²) in [6, 6.07) is 18.5. The zero-order chi connectivity index (χ0) is 24.9. The topological polar surface area (TPSA) is 96.9 Å². The zero-order valence-corrected chi connectivity index (χ0v) is 20.6. The first-order valence-electron chi connectivity index (χ1n) is 9.91. The Balaban J connectivity index is 1.33. The second-order valence-electron chi connectivity index (χ2n) is 6.95. The van der Waals surface area contributed by atoms with Crippen molar-refractivity contribution in [3.8, 4) is 5.75 Å². The molecule has 1 heterocycles. The summed E-state index contributed by atoms with van der Waals surface area (Å²) >= 11 is 19.5. The molecule has 0 bridgehead atoms. The number of rotatable bonds is 5. The van der Waals surface area contributed by atoms with Gasteiger partial charge in [0.05, 0.1) is 27.0 Å². The van der Waals surface area contributed by atoms with Crippen molar-refractivity contribution in [2.45, 2.75) is 0 Å². The fraction of sp³-hybridized carbons (Fsp3) is 0. The second kappa shape index (κ2) is 10.9. The molecule has 0 atom stereocenters. The van der Waals surface area contributed by atoms with Crippen LogP contribution in [-0.2, 0) is 9.59 Å². The lowest BCUT2D eigenvalue weighted by Gasteiger charge is -2.07. The van der Waals surface area contributed by atoms with Gasteiger partial charge in [-0.25, -0.2) is 10.2 Å². The molecule has 2 amide bonds. The van der Waals surface area contributed by atoms with Crippen LogP contribution in [-0.4, -0.2) is 24.0 Å². The van der Waals surface area contributed by atoms with E-state index in [1.165, 1.54) is 23.6 Å². The molecule has 4 aromatic rings. The van der Waals surface area contributed by atoms with E-state index in [0.29, 0.717) is 21.2 Å². The van der Waals surface area contributed by atoms with Crippen LogP contribution in [0.3, 0.4) is 0 Å². The normalized spacial score (nSPS) is 10.9. The number of thiophene rings is 1. The average Bonchev–Trinajstić information content (AvgIpc) is 3.19. The Morgan fingerprint density at radius 3 is 2.34 bits per heavy atom. The molecule has 176 valence electrons. The number of hydrazone groups is 1. The summed E-state index contributed by atoms with van der Waals surface area (Å²) in [6.45, 7) is 0. The van der Waals surface area contributed by atoms with Crippen LogP contribution in [0.25, 0.3) is 10.1 Å². The van der Waals surface area contributed by atoms with Gasteiger partial charge in [-0.2, -0.15) is 5.10 Å². The van der Waals surface area contributed by atoms with E-state index < -0.39 is 17.8 Å². The Kier molecular flexibility index (Phi) is 7.67. The molecule has 11 heteroatoms. The summed E-state index contributed by atoms with van der Waals surface area (Å²) in [4.78, 5) is 36.8. The highest BCUT2D eigenvalue weighted by atomic mass is 35.5. The van der Waals surface area contributed by atoms with E-state index >= 15 is 0 Å². The number of nitrogens with one attached hydrogen (secondary N) is 2. The van der Waals surface area contributed by atoms with Crippen LogP contribution in [0.2, 0.25) is 15.1 Å². The van der Waals surface area contributed by atoms with Crippen molar-refractivity contribution in [1.82, 2.24) is 5.43 Å². The summed E-state index contributed by atoms with van der Waals surface area (Å²) in [5, 5.41) is 7.62. The number of hydrogen-bond acceptors (Lipinski definition) is 6. The molecule has 0 aliphatic heterocycles. The Morgan fingerprint density at radius 1 is 0.857 bits per heavy atom. The lowest BCUT2D eigenvalue weighted by molar-refractivity contribution is -0.136. The Bertz CT molecular complexity index is 1470. The molecule has 4 rings (SSSR count). The van der Waals surface area contributed by atoms with E-state index in [9.17, 15) is 14.4 Å². The monoisotopic (exact) mass is 545 g/mol. The Labute approximate surface area is 218 Å². The third-order valence-corrected chi connectivity index (χ3v) is 7.07. The molecule has 0 spiro atoms. The molecule has 0 saturated heterocycles. The van der Waals surface area contributed by atoms with Crippen molar-refractivity contribution in [3.63, 3.8) is 0 Å². The molecule has 0 aliphatic carbocycles. The van der Waals surface area contributed by atoms with Crippen LogP contribution in [0.5, 0.6) is 5.75 Å². The summed E-state index contributed by atoms with van der Waals surface area (Å²) < 4.78 is 6.31. The highest BCUT2D eigenvalue weighted by Crippen LogP contribution is 2.35. The van der Waals surface area contributed by atoms with Crippen molar-refractivity contribution < 1.29 is 19.1 Å². The van der Waals surface area contributed by atoms with Crippen LogP contribution < -0.4 is 15.5 Å². The fourth-order valence-electron chi connectivity index (χ4n) is 2.92. The quantitative estimate of drug-likeness (QED) is 0.103. The van der Waals surface area contributed by atoms with E-state index in [2.05, 4.69) is 15.8 Å². The number of carbonyl (C=O) groups excluding carboxylic acids is 3. The summed E-state index contributed by atoms with van der Waals surface area (Å²) in [5.41, 5.74) is 2.90. The molecular formula is C24H14Cl3N3O4S. The van der Waals surface area contributed by atoms with Gasteiger partial charge in [-0.1, -0.05) is 59.1 Å². The predicted octanol–water partition coefficient (Wildman–Crippen LogP) is 6.17. The van der Waals surface area contributed by atoms with E-state index in [-0.39, 0.29) is 15.7 Å². The SMILES string of the molecule is O=C(NN=Cc1ccc(OC(=O)c2sc3ccccc3c2Cl)cc1)C(=O)Nc1cccc(Cl)c1Cl. The zero-order valence-electron chi connectivity index (χ0n) is 17.6. The van der Waals surface area contributed by atoms with Gasteiger partial charge in [0.1, 0.15) is 10.6 Å². The van der Waals surface area contributed by atoms with Crippen molar-refractivity contribution in [2.75, 3.05) is 5.32 Å². The van der Waals surface area contributed by atoms with Crippen molar-refractivity contribution in [1.29, 1.82) is 0 Å². The van der Waals surface area contributed by atoms with Crippen molar-refractivity contribution >= 4 is 85.9 Å². The lowest BCUT2D eigenvalue weighted by Crippen LogP contribution is -2.32. The molecule has 2 N–H and O–H groups in total. The molecule has 0 radical (unpaired) electrons. The maximum absolute atomic E-state index is 12.5. The summed E-state index contributed by atoms with van der Waals surface area (Å²) in [6.07, 6.45) is 1.33. The number of halogens is 3. The van der Waals surface area contributed by atoms with Gasteiger partial charge in [0, 0.05) is 10.1 Å². The van der Waals surface area contributed by atoms with Gasteiger partial charge in [-0.3, -0.25) is 9.59 Å². The first-order chi connectivity index (χ1) is 16.8. The standard InChI is InChI=1S/C24H14Cl3N3O4S/c25-16-5-3-6-17(20(16)27)29-22(31)23(32)30-28-12-13-8-10-14(11-9-13)34-24(33)21-19(26)15-4-1-2-7-18(15)35-21/h1-12H,(H,29,31)(H,30,32). The van der Waals surface area contributed by atoms with Crippen LogP contribution in [0.4, 0.5) is 5.69 Å². The minimum Gasteiger partial charge on any atom is -0.422 e. The number of esters is 1. The van der Waals surface area contributed by atoms with Gasteiger partial charge in [0.2, 0.25) is 0 Å². The second-order valence-corrected chi connectivity index (χ2v) is 9.17. The van der Waals surface area contributed by atoms with Crippen LogP contribution in [0.1, 0.15) is 15.2 Å². The van der Waals surface area contributed by atoms with E-state index in [1.54, 1.807) is 36.4 Å². The molecule has 7 nitrogen and oxygen atoms in total. The number of ether oxygens (including phenoxy) is 1. The van der Waals surface area contributed by atoms with Gasteiger partial charge in [0.15, 0.2) is 0 Å². The largest absolute Gasteiger partial charge is 0.422 e. The minimum atomic E-state index is -0.997. The number of nitrogens with zero attached hydrogens (tertiary/aromatic N) is 1. The molecule has 0 fully saturated rings. The number of amides is 2. The molecule has 0 saturated carbocycles. The van der Waals surface area contributed by atoms with Gasteiger partial charge >= 0.3 is 17.8 Å². The van der Waals surface area contributed by atoms with E-state index in [1.807, 2.05) is 24.3 Å². The van der Waals surface area contributed by atoms with Gasteiger partial charge in [-0.15, -0.1) is 11.3 Å². The minimum absolute atomic E-state index is 0.120. The maximum atomic E-state index is 12.5. The molecule has 0 unspecified atom stereocenters. The lowest BCUT2D eigenvalue weighted by atomic mass is 10.2. The molecule has 35 heavy (non-hydrogen) atoms. The third-order valence-electron chi connectivity index (χ3n) is 4.60. The Morgan fingerprint density at radius 2 is 1.60 bits per heavy atom. The van der Waals surface area contributed by atoms with Crippen molar-refractivity contribution in [2.24, 2.45) is 5.10 Å². The summed E-state index contributed by atoms with van der Waals surface area (Å²) in [5.74, 6) is -2.21. The maximum Gasteiger partial charge on any atom is 0.355 e. The number of anilines is 1. The first-order valence-corrected chi connectivity index (χ1v) is 11.9. The third kappa shape index (κ3) is 5.80. The molecular weight excluding hydrogens is 533 g/mol. The highest BCUT2D eigenvalue weighted by molar-refractivity contribution is 7.21. The Hall–Kier alpha value is -3.43. The molecule has 0 aliphatic rings. The number of carbonyl (C=O) groups is 3. The molecule has 1 aromatic heterocycles. The van der Waals surface area contributed by atoms with Crippen LogP contribution in [0, 0.1) is 0 Å². The predicted molar refractivity (Wildman–Crippen MR) is 139 cm³/mol. The fourth-order valence-corrected chi connectivity index (χ4v) is 4.65. The highest BCUT2D eigenvalue weighted by Gasteiger charge is 2.19. The van der Waals surface area contributed by atoms with Gasteiger partial charge in [0.25, 0.3) is 0 Å². The van der Waals surface area contributed by atoms with Crippen LogP contribution >= 0.6 is 46.1 Å². The summed E-state index contributed by atoms with van der Waals surface area (Å²) in [7, 11) is 0.